The predicted molar refractivity (Wildman–Crippen MR) is 68.3 cm³/mol. The predicted octanol–water partition coefficient (Wildman–Crippen LogP) is 1.29. The van der Waals surface area contributed by atoms with Gasteiger partial charge in [-0.05, 0) is 31.1 Å². The van der Waals surface area contributed by atoms with Crippen molar-refractivity contribution < 1.29 is 27.9 Å². The minimum atomic E-state index is -4.40. The number of likely N-dealkylation sites (N-methyl/N-ethyl adjacent to an activating group) is 1. The molecule has 0 radical (unpaired) electrons. The van der Waals surface area contributed by atoms with E-state index in [4.69, 9.17) is 5.11 Å². The molecule has 0 aliphatic heterocycles. The Labute approximate surface area is 118 Å². The highest BCUT2D eigenvalue weighted by Crippen LogP contribution is 2.30. The van der Waals surface area contributed by atoms with E-state index in [0.29, 0.717) is 19.4 Å². The van der Waals surface area contributed by atoms with Gasteiger partial charge in [0.1, 0.15) is 0 Å². The van der Waals surface area contributed by atoms with Crippen LogP contribution in [0.5, 0.6) is 0 Å². The molecule has 1 aliphatic rings. The van der Waals surface area contributed by atoms with Crippen LogP contribution in [0.3, 0.4) is 0 Å². The van der Waals surface area contributed by atoms with Gasteiger partial charge in [-0.2, -0.15) is 13.2 Å². The van der Waals surface area contributed by atoms with Gasteiger partial charge < -0.3 is 10.4 Å². The molecule has 0 bridgehead atoms. The van der Waals surface area contributed by atoms with E-state index in [9.17, 15) is 22.8 Å². The number of aliphatic carboxylic acids is 1. The summed E-state index contributed by atoms with van der Waals surface area (Å²) in [5.74, 6) is -2.20. The third-order valence-electron chi connectivity index (χ3n) is 3.11. The quantitative estimate of drug-likeness (QED) is 0.741. The Bertz CT molecular complexity index is 359. The Kier molecular flexibility index (Phi) is 6.12. The Balaban J connectivity index is 2.24. The summed E-state index contributed by atoms with van der Waals surface area (Å²) in [6, 6.07) is -0.0964. The van der Waals surface area contributed by atoms with Gasteiger partial charge in [-0.3, -0.25) is 14.5 Å². The maximum Gasteiger partial charge on any atom is 0.442 e. The second-order valence-electron chi connectivity index (χ2n) is 4.58. The van der Waals surface area contributed by atoms with E-state index in [-0.39, 0.29) is 30.4 Å². The summed E-state index contributed by atoms with van der Waals surface area (Å²) in [7, 11) is 0. The number of carbonyl (C=O) groups excluding carboxylic acids is 1. The number of nitrogens with one attached hydrogen (secondary N) is 1. The summed E-state index contributed by atoms with van der Waals surface area (Å²) in [4.78, 5) is 23.7. The smallest absolute Gasteiger partial charge is 0.442 e. The molecule has 0 aromatic carbocycles. The number of halogens is 3. The molecule has 0 saturated heterocycles. The molecular weight excluding hydrogens is 297 g/mol. The zero-order valence-electron chi connectivity index (χ0n) is 10.9. The molecule has 5 nitrogen and oxygen atoms in total. The summed E-state index contributed by atoms with van der Waals surface area (Å²) >= 11 is -0.362. The van der Waals surface area contributed by atoms with Crippen LogP contribution >= 0.6 is 11.8 Å². The standard InChI is InChI=1S/C11H17F3N2O3S/c1-2-16(5-10(18)19)8-3-7(4-8)15-9(17)6-20-11(12,13)14/h7-8H,2-6H2,1H3,(H,15,17)(H,18,19). The average molecular weight is 314 g/mol. The second-order valence-corrected chi connectivity index (χ2v) is 5.62. The van der Waals surface area contributed by atoms with E-state index in [2.05, 4.69) is 5.32 Å². The summed E-state index contributed by atoms with van der Waals surface area (Å²) in [5.41, 5.74) is -4.40. The number of rotatable bonds is 7. The highest BCUT2D eigenvalue weighted by molar-refractivity contribution is 8.00. The first kappa shape index (κ1) is 17.1. The molecule has 9 heteroatoms. The minimum absolute atomic E-state index is 0.0637. The number of hydrogen-bond acceptors (Lipinski definition) is 4. The van der Waals surface area contributed by atoms with Gasteiger partial charge in [0.15, 0.2) is 0 Å². The molecule has 1 aliphatic carbocycles. The van der Waals surface area contributed by atoms with Gasteiger partial charge in [-0.15, -0.1) is 0 Å². The lowest BCUT2D eigenvalue weighted by atomic mass is 9.85. The van der Waals surface area contributed by atoms with Crippen LogP contribution in [0.25, 0.3) is 0 Å². The van der Waals surface area contributed by atoms with Gasteiger partial charge in [0.2, 0.25) is 5.91 Å². The van der Waals surface area contributed by atoms with Crippen molar-refractivity contribution in [2.75, 3.05) is 18.8 Å². The highest BCUT2D eigenvalue weighted by atomic mass is 32.2. The van der Waals surface area contributed by atoms with E-state index < -0.39 is 23.1 Å². The first-order valence-electron chi connectivity index (χ1n) is 6.17. The molecular formula is C11H17F3N2O3S. The molecule has 116 valence electrons. The second kappa shape index (κ2) is 7.16. The summed E-state index contributed by atoms with van der Waals surface area (Å²) in [6.07, 6.45) is 1.15. The van der Waals surface area contributed by atoms with Crippen molar-refractivity contribution in [2.24, 2.45) is 0 Å². The molecule has 0 atom stereocenters. The number of carbonyl (C=O) groups is 2. The number of carboxylic acids is 1. The number of amides is 1. The lowest BCUT2D eigenvalue weighted by Crippen LogP contribution is -2.55. The van der Waals surface area contributed by atoms with Crippen molar-refractivity contribution in [3.63, 3.8) is 0 Å². The van der Waals surface area contributed by atoms with Crippen LogP contribution in [0.15, 0.2) is 0 Å². The number of alkyl halides is 3. The lowest BCUT2D eigenvalue weighted by molar-refractivity contribution is -0.139. The molecule has 0 aromatic heterocycles. The molecule has 20 heavy (non-hydrogen) atoms. The average Bonchev–Trinajstić information content (AvgIpc) is 2.27. The minimum Gasteiger partial charge on any atom is -0.480 e. The summed E-state index contributed by atoms with van der Waals surface area (Å²) in [5, 5.41) is 11.2. The molecule has 0 unspecified atom stereocenters. The maximum atomic E-state index is 11.9. The number of thioether (sulfide) groups is 1. The fraction of sp³-hybridized carbons (Fsp3) is 0.818. The van der Waals surface area contributed by atoms with Crippen LogP contribution < -0.4 is 5.32 Å². The normalized spacial score (nSPS) is 22.4. The monoisotopic (exact) mass is 314 g/mol. The SMILES string of the molecule is CCN(CC(=O)O)C1CC(NC(=O)CSC(F)(F)F)C1. The van der Waals surface area contributed by atoms with Crippen molar-refractivity contribution in [1.29, 1.82) is 0 Å². The molecule has 0 spiro atoms. The topological polar surface area (TPSA) is 69.6 Å². The van der Waals surface area contributed by atoms with Crippen LogP contribution in [0.2, 0.25) is 0 Å². The maximum absolute atomic E-state index is 11.9. The zero-order valence-corrected chi connectivity index (χ0v) is 11.8. The van der Waals surface area contributed by atoms with Gasteiger partial charge in [0, 0.05) is 12.1 Å². The van der Waals surface area contributed by atoms with Crippen molar-refractivity contribution in [3.05, 3.63) is 0 Å². The molecule has 0 heterocycles. The third kappa shape index (κ3) is 6.00. The number of carboxylic acid groups (broad SMARTS) is 1. The van der Waals surface area contributed by atoms with Crippen LogP contribution in [-0.4, -0.2) is 58.3 Å². The van der Waals surface area contributed by atoms with Crippen LogP contribution in [0, 0.1) is 0 Å². The molecule has 0 aromatic rings. The molecule has 1 amide bonds. The van der Waals surface area contributed by atoms with E-state index in [1.165, 1.54) is 0 Å². The largest absolute Gasteiger partial charge is 0.480 e. The first-order valence-corrected chi connectivity index (χ1v) is 7.15. The van der Waals surface area contributed by atoms with Crippen LogP contribution in [0.4, 0.5) is 13.2 Å². The van der Waals surface area contributed by atoms with E-state index in [1.807, 2.05) is 6.92 Å². The third-order valence-corrected chi connectivity index (χ3v) is 3.84. The zero-order chi connectivity index (χ0) is 15.3. The summed E-state index contributed by atoms with van der Waals surface area (Å²) in [6.45, 7) is 2.36. The lowest BCUT2D eigenvalue weighted by Gasteiger charge is -2.42. The highest BCUT2D eigenvalue weighted by Gasteiger charge is 2.35. The van der Waals surface area contributed by atoms with E-state index in [0.717, 1.165) is 0 Å². The van der Waals surface area contributed by atoms with E-state index in [1.54, 1.807) is 4.90 Å². The molecule has 1 saturated carbocycles. The van der Waals surface area contributed by atoms with Gasteiger partial charge in [0.05, 0.1) is 12.3 Å². The van der Waals surface area contributed by atoms with Gasteiger partial charge in [-0.1, -0.05) is 6.92 Å². The first-order chi connectivity index (χ1) is 9.21. The Morgan fingerprint density at radius 2 is 2.00 bits per heavy atom. The van der Waals surface area contributed by atoms with Gasteiger partial charge in [-0.25, -0.2) is 0 Å². The Morgan fingerprint density at radius 3 is 2.45 bits per heavy atom. The van der Waals surface area contributed by atoms with E-state index >= 15 is 0 Å². The van der Waals surface area contributed by atoms with Gasteiger partial charge in [0.25, 0.3) is 0 Å². The number of hydrogen-bond donors (Lipinski definition) is 2. The van der Waals surface area contributed by atoms with Crippen LogP contribution in [-0.2, 0) is 9.59 Å². The molecule has 1 fully saturated rings. The van der Waals surface area contributed by atoms with Crippen molar-refractivity contribution >= 4 is 23.6 Å². The van der Waals surface area contributed by atoms with Crippen LogP contribution in [0.1, 0.15) is 19.8 Å². The summed E-state index contributed by atoms with van der Waals surface area (Å²) < 4.78 is 35.7. The number of nitrogens with zero attached hydrogens (tertiary/aromatic N) is 1. The molecule has 1 rings (SSSR count). The van der Waals surface area contributed by atoms with Crippen molar-refractivity contribution in [1.82, 2.24) is 10.2 Å². The van der Waals surface area contributed by atoms with Crippen molar-refractivity contribution in [3.8, 4) is 0 Å². The molecule has 2 N–H and O–H groups in total. The Hall–Kier alpha value is -0.960. The fourth-order valence-corrected chi connectivity index (χ4v) is 2.47. The Morgan fingerprint density at radius 1 is 1.40 bits per heavy atom. The van der Waals surface area contributed by atoms with Gasteiger partial charge >= 0.3 is 11.5 Å². The fourth-order valence-electron chi connectivity index (χ4n) is 2.09. The van der Waals surface area contributed by atoms with Crippen molar-refractivity contribution in [2.45, 2.75) is 37.4 Å².